The lowest BCUT2D eigenvalue weighted by Crippen LogP contribution is -2.37. The maximum atomic E-state index is 15.3. The lowest BCUT2D eigenvalue weighted by Gasteiger charge is -2.26. The highest BCUT2D eigenvalue weighted by molar-refractivity contribution is 5.97. The van der Waals surface area contributed by atoms with Gasteiger partial charge in [0.15, 0.2) is 5.82 Å². The Morgan fingerprint density at radius 3 is 2.50 bits per heavy atom. The van der Waals surface area contributed by atoms with Crippen molar-refractivity contribution in [3.8, 4) is 0 Å². The largest absolute Gasteiger partial charge is 0.396 e. The van der Waals surface area contributed by atoms with Gasteiger partial charge in [-0.15, -0.1) is 0 Å². The van der Waals surface area contributed by atoms with E-state index in [0.717, 1.165) is 12.8 Å². The van der Waals surface area contributed by atoms with Crippen molar-refractivity contribution in [3.63, 3.8) is 0 Å². The van der Waals surface area contributed by atoms with Gasteiger partial charge < -0.3 is 16.4 Å². The molecule has 0 spiro atoms. The molecule has 1 aliphatic heterocycles. The summed E-state index contributed by atoms with van der Waals surface area (Å²) in [6.07, 6.45) is -3.60. The molecule has 5 N–H and O–H groups in total. The average Bonchev–Trinajstić information content (AvgIpc) is 3.34. The van der Waals surface area contributed by atoms with E-state index in [0.29, 0.717) is 18.5 Å². The van der Waals surface area contributed by atoms with Crippen molar-refractivity contribution in [2.24, 2.45) is 11.7 Å². The number of alkyl halides is 3. The van der Waals surface area contributed by atoms with Crippen molar-refractivity contribution >= 4 is 22.3 Å². The fourth-order valence-electron chi connectivity index (χ4n) is 4.51. The van der Waals surface area contributed by atoms with Crippen molar-refractivity contribution in [1.82, 2.24) is 9.55 Å². The molecular weight excluding hydrogens is 406 g/mol. The maximum absolute atomic E-state index is 15.3. The van der Waals surface area contributed by atoms with Crippen molar-refractivity contribution < 1.29 is 17.6 Å². The number of hydrogen-bond donors (Lipinski definition) is 3. The smallest absolute Gasteiger partial charge is 0.390 e. The highest BCUT2D eigenvalue weighted by Crippen LogP contribution is 2.41. The molecule has 2 fully saturated rings. The minimum absolute atomic E-state index is 0.0789. The predicted molar refractivity (Wildman–Crippen MR) is 105 cm³/mol. The number of aromatic nitrogens is 2. The first-order chi connectivity index (χ1) is 14.0. The Kier molecular flexibility index (Phi) is 4.83. The normalized spacial score (nSPS) is 20.9. The molecule has 2 atom stereocenters. The van der Waals surface area contributed by atoms with Crippen molar-refractivity contribution in [2.45, 2.75) is 50.9 Å². The first-order valence-corrected chi connectivity index (χ1v) is 9.83. The number of rotatable bonds is 4. The third-order valence-corrected chi connectivity index (χ3v) is 6.09. The molecule has 0 bridgehead atoms. The van der Waals surface area contributed by atoms with Gasteiger partial charge in [-0.3, -0.25) is 14.3 Å². The number of aryl methyl sites for hydroxylation is 1. The van der Waals surface area contributed by atoms with Gasteiger partial charge in [0.1, 0.15) is 0 Å². The minimum Gasteiger partial charge on any atom is -0.396 e. The molecule has 1 saturated heterocycles. The van der Waals surface area contributed by atoms with E-state index >= 15 is 4.39 Å². The second-order valence-corrected chi connectivity index (χ2v) is 8.26. The van der Waals surface area contributed by atoms with Gasteiger partial charge in [-0.25, -0.2) is 9.18 Å². The number of fused-ring (bicyclic) bond motifs is 1. The van der Waals surface area contributed by atoms with Gasteiger partial charge in [-0.05, 0) is 32.1 Å². The Morgan fingerprint density at radius 1 is 1.23 bits per heavy atom. The molecule has 1 aromatic heterocycles. The Bertz CT molecular complexity index is 1120. The van der Waals surface area contributed by atoms with Gasteiger partial charge in [0, 0.05) is 30.7 Å². The molecule has 0 radical (unpaired) electrons. The molecule has 2 heterocycles. The van der Waals surface area contributed by atoms with Crippen LogP contribution in [0.1, 0.15) is 37.3 Å². The van der Waals surface area contributed by atoms with Gasteiger partial charge in [-0.2, -0.15) is 13.2 Å². The number of nitrogens with two attached hydrogens (primary N) is 2. The van der Waals surface area contributed by atoms with E-state index in [-0.39, 0.29) is 34.9 Å². The van der Waals surface area contributed by atoms with Gasteiger partial charge in [0.05, 0.1) is 28.7 Å². The van der Waals surface area contributed by atoms with Crippen LogP contribution < -0.4 is 27.6 Å². The Hall–Kier alpha value is -2.56. The fraction of sp³-hybridized carbons (Fsp3) is 0.579. The molecule has 11 heteroatoms. The summed E-state index contributed by atoms with van der Waals surface area (Å²) in [6, 6.07) is -1.19. The molecule has 1 aliphatic carbocycles. The summed E-state index contributed by atoms with van der Waals surface area (Å²) in [6.45, 7) is 2.04. The number of halogens is 4. The van der Waals surface area contributed by atoms with E-state index in [1.54, 1.807) is 11.8 Å². The first-order valence-electron chi connectivity index (χ1n) is 9.83. The van der Waals surface area contributed by atoms with Crippen LogP contribution in [0.3, 0.4) is 0 Å². The van der Waals surface area contributed by atoms with Gasteiger partial charge >= 0.3 is 11.9 Å². The third-order valence-electron chi connectivity index (χ3n) is 6.09. The van der Waals surface area contributed by atoms with Crippen LogP contribution in [0.5, 0.6) is 0 Å². The van der Waals surface area contributed by atoms with E-state index in [9.17, 15) is 22.8 Å². The lowest BCUT2D eigenvalue weighted by atomic mass is 9.97. The molecule has 164 valence electrons. The number of nitrogen functional groups attached to an aromatic ring is 1. The minimum atomic E-state index is -4.37. The topological polar surface area (TPSA) is 110 Å². The number of H-pyrrole nitrogens is 1. The summed E-state index contributed by atoms with van der Waals surface area (Å²) in [4.78, 5) is 28.6. The second kappa shape index (κ2) is 7.00. The van der Waals surface area contributed by atoms with Crippen LogP contribution in [-0.2, 0) is 0 Å². The number of hydrogen-bond acceptors (Lipinski definition) is 5. The maximum Gasteiger partial charge on any atom is 0.390 e. The Morgan fingerprint density at radius 2 is 1.90 bits per heavy atom. The van der Waals surface area contributed by atoms with Gasteiger partial charge in [0.25, 0.3) is 5.56 Å². The summed E-state index contributed by atoms with van der Waals surface area (Å²) in [5, 5.41) is -0.0789. The van der Waals surface area contributed by atoms with E-state index < -0.39 is 41.6 Å². The highest BCUT2D eigenvalue weighted by atomic mass is 19.4. The van der Waals surface area contributed by atoms with E-state index in [2.05, 4.69) is 4.98 Å². The number of benzene rings is 1. The number of aromatic amines is 1. The molecule has 30 heavy (non-hydrogen) atoms. The fourth-order valence-corrected chi connectivity index (χ4v) is 4.51. The molecule has 1 aromatic carbocycles. The van der Waals surface area contributed by atoms with E-state index in [1.165, 1.54) is 4.57 Å². The Balaban J connectivity index is 1.80. The summed E-state index contributed by atoms with van der Waals surface area (Å²) in [5.74, 6) is -1.27. The zero-order chi connectivity index (χ0) is 22.0. The average molecular weight is 429 g/mol. The summed E-state index contributed by atoms with van der Waals surface area (Å²) < 4.78 is 54.8. The SMILES string of the molecule is Cc1c(N2CCC(C(N)CC(F)(F)F)C2)c(F)c(N)c2c(=O)[nH]c(=O)n(C3CC3)c12. The zero-order valence-electron chi connectivity index (χ0n) is 16.4. The zero-order valence-corrected chi connectivity index (χ0v) is 16.4. The van der Waals surface area contributed by atoms with Crippen LogP contribution in [0.4, 0.5) is 28.9 Å². The summed E-state index contributed by atoms with van der Waals surface area (Å²) >= 11 is 0. The van der Waals surface area contributed by atoms with Crippen LogP contribution in [0.2, 0.25) is 0 Å². The molecular formula is C19H23F4N5O2. The number of nitrogens with zero attached hydrogens (tertiary/aromatic N) is 2. The van der Waals surface area contributed by atoms with E-state index in [4.69, 9.17) is 11.5 Å². The standard InChI is InChI=1S/C19H23F4N5O2/c1-8-15-12(17(29)26-18(30)28(15)10-2-3-10)14(25)13(20)16(8)27-5-4-9(7-27)11(24)6-19(21,22)23/h9-11H,2-7,24-25H2,1H3,(H,26,29,30). The monoisotopic (exact) mass is 429 g/mol. The van der Waals surface area contributed by atoms with Crippen LogP contribution in [0.15, 0.2) is 9.59 Å². The van der Waals surface area contributed by atoms with Crippen LogP contribution in [0.25, 0.3) is 10.9 Å². The van der Waals surface area contributed by atoms with Gasteiger partial charge in [0.2, 0.25) is 0 Å². The molecule has 4 rings (SSSR count). The van der Waals surface area contributed by atoms with Crippen LogP contribution >= 0.6 is 0 Å². The summed E-state index contributed by atoms with van der Waals surface area (Å²) in [5.41, 5.74) is 10.8. The second-order valence-electron chi connectivity index (χ2n) is 8.26. The quantitative estimate of drug-likeness (QED) is 0.510. The number of anilines is 2. The first kappa shape index (κ1) is 20.7. The number of nitrogens with one attached hydrogen (secondary N) is 1. The molecule has 2 aliphatic rings. The Labute approximate surface area is 168 Å². The van der Waals surface area contributed by atoms with Crippen molar-refractivity contribution in [1.29, 1.82) is 0 Å². The third kappa shape index (κ3) is 3.44. The van der Waals surface area contributed by atoms with E-state index in [1.807, 2.05) is 0 Å². The molecule has 2 unspecified atom stereocenters. The van der Waals surface area contributed by atoms with Gasteiger partial charge in [-0.1, -0.05) is 0 Å². The summed E-state index contributed by atoms with van der Waals surface area (Å²) in [7, 11) is 0. The molecule has 0 amide bonds. The molecule has 7 nitrogen and oxygen atoms in total. The molecule has 1 saturated carbocycles. The highest BCUT2D eigenvalue weighted by Gasteiger charge is 2.38. The van der Waals surface area contributed by atoms with Crippen molar-refractivity contribution in [3.05, 3.63) is 32.2 Å². The van der Waals surface area contributed by atoms with Crippen LogP contribution in [0, 0.1) is 18.7 Å². The van der Waals surface area contributed by atoms with Crippen LogP contribution in [-0.4, -0.2) is 34.9 Å². The predicted octanol–water partition coefficient (Wildman–Crippen LogP) is 2.16. The molecule has 2 aromatic rings. The van der Waals surface area contributed by atoms with Crippen molar-refractivity contribution in [2.75, 3.05) is 23.7 Å². The lowest BCUT2D eigenvalue weighted by molar-refractivity contribution is -0.140.